The van der Waals surface area contributed by atoms with Crippen LogP contribution in [-0.4, -0.2) is 31.8 Å². The van der Waals surface area contributed by atoms with Gasteiger partial charge in [0.25, 0.3) is 0 Å². The number of aromatic nitrogens is 1. The number of nitrogens with zero attached hydrogens (tertiary/aromatic N) is 3. The summed E-state index contributed by atoms with van der Waals surface area (Å²) in [6.07, 6.45) is -1.42. The molecule has 1 saturated carbocycles. The first-order valence-electron chi connectivity index (χ1n) is 9.58. The van der Waals surface area contributed by atoms with E-state index < -0.39 is 34.4 Å². The number of nitriles is 1. The number of carbonyl (C=O) groups is 1. The summed E-state index contributed by atoms with van der Waals surface area (Å²) in [6, 6.07) is 7.21. The number of ketones is 1. The third-order valence-electron chi connectivity index (χ3n) is 5.15. The van der Waals surface area contributed by atoms with Gasteiger partial charge in [0.15, 0.2) is 0 Å². The minimum Gasteiger partial charge on any atom is -0.323 e. The summed E-state index contributed by atoms with van der Waals surface area (Å²) in [4.78, 5) is 20.5. The number of rotatable bonds is 4. The van der Waals surface area contributed by atoms with E-state index >= 15 is 0 Å². The van der Waals surface area contributed by atoms with Gasteiger partial charge in [0.2, 0.25) is 0 Å². The van der Waals surface area contributed by atoms with Crippen molar-refractivity contribution in [2.75, 3.05) is 6.26 Å². The van der Waals surface area contributed by atoms with Gasteiger partial charge in [-0.2, -0.15) is 29.0 Å². The molecule has 2 unspecified atom stereocenters. The number of hydrogen-bond acceptors (Lipinski definition) is 7. The van der Waals surface area contributed by atoms with Gasteiger partial charge >= 0.3 is 6.18 Å². The van der Waals surface area contributed by atoms with Crippen molar-refractivity contribution in [1.29, 1.82) is 5.26 Å². The number of Topliss-reactive ketones (excluding diaryl/α,β-unsaturated/α-hetero) is 1. The summed E-state index contributed by atoms with van der Waals surface area (Å²) < 4.78 is 59.5. The number of benzene rings is 1. The van der Waals surface area contributed by atoms with Crippen molar-refractivity contribution in [2.45, 2.75) is 36.4 Å². The summed E-state index contributed by atoms with van der Waals surface area (Å²) in [6.45, 7) is 0. The molecule has 32 heavy (non-hydrogen) atoms. The van der Waals surface area contributed by atoms with Gasteiger partial charge in [0.05, 0.1) is 28.1 Å². The number of alkyl halides is 3. The molecule has 0 spiro atoms. The average Bonchev–Trinajstić information content (AvgIpc) is 2.72. The second-order valence-electron chi connectivity index (χ2n) is 7.52. The maximum Gasteiger partial charge on any atom is 0.433 e. The Balaban J connectivity index is 2.07. The molecule has 1 aromatic heterocycles. The number of nitrogens with two attached hydrogens (primary N) is 1. The van der Waals surface area contributed by atoms with Gasteiger partial charge in [0, 0.05) is 30.6 Å². The number of carbonyl (C=O) groups excluding carboxylic acids is 1. The van der Waals surface area contributed by atoms with Gasteiger partial charge in [-0.3, -0.25) is 23.9 Å². The lowest BCUT2D eigenvalue weighted by atomic mass is 9.78. The summed E-state index contributed by atoms with van der Waals surface area (Å²) >= 11 is 0. The molecule has 1 fully saturated rings. The first-order chi connectivity index (χ1) is 14.9. The summed E-state index contributed by atoms with van der Waals surface area (Å²) in [7, 11) is -3.28. The smallest absolute Gasteiger partial charge is 0.323 e. The topological polar surface area (TPSA) is 133 Å². The number of halogens is 3. The number of pyridine rings is 1. The minimum absolute atomic E-state index is 0.00550. The van der Waals surface area contributed by atoms with E-state index in [4.69, 9.17) is 11.0 Å². The maximum atomic E-state index is 13.0. The molecule has 3 rings (SSSR count). The van der Waals surface area contributed by atoms with Crippen LogP contribution < -0.4 is 5.73 Å². The molecule has 1 heterocycles. The molecule has 2 atom stereocenters. The van der Waals surface area contributed by atoms with Gasteiger partial charge in [-0.1, -0.05) is 6.07 Å². The van der Waals surface area contributed by atoms with Crippen molar-refractivity contribution >= 4 is 27.8 Å². The second-order valence-corrected chi connectivity index (χ2v) is 9.63. The molecule has 0 aliphatic heterocycles. The molecule has 4 N–H and O–H groups in total. The van der Waals surface area contributed by atoms with Crippen molar-refractivity contribution in [3.05, 3.63) is 53.3 Å². The van der Waals surface area contributed by atoms with Crippen molar-refractivity contribution in [3.8, 4) is 6.07 Å². The fourth-order valence-electron chi connectivity index (χ4n) is 3.68. The van der Waals surface area contributed by atoms with E-state index in [1.165, 1.54) is 30.5 Å². The van der Waals surface area contributed by atoms with Crippen LogP contribution in [0.15, 0.2) is 46.4 Å². The predicted molar refractivity (Wildman–Crippen MR) is 114 cm³/mol. The van der Waals surface area contributed by atoms with E-state index in [9.17, 15) is 27.1 Å². The van der Waals surface area contributed by atoms with Crippen molar-refractivity contribution in [1.82, 2.24) is 4.98 Å². The summed E-state index contributed by atoms with van der Waals surface area (Å²) in [5, 5.41) is 9.14. The summed E-state index contributed by atoms with van der Waals surface area (Å²) in [5.74, 6) is -1.20. The largest absolute Gasteiger partial charge is 0.433 e. The van der Waals surface area contributed by atoms with Crippen molar-refractivity contribution < 1.29 is 27.1 Å². The fourth-order valence-corrected chi connectivity index (χ4v) is 4.68. The van der Waals surface area contributed by atoms with E-state index in [0.29, 0.717) is 18.6 Å². The van der Waals surface area contributed by atoms with Crippen LogP contribution in [0, 0.1) is 17.2 Å². The standard InChI is InChI=1S/C21H21F3N4O3S/c1-32(30,31)17-9-12(11-25)5-6-14(17)20(26)19-15(3-2-4-16(19)29)28-13-7-8-27-18(10-13)21(22,23)24/h5-10,19-20,30-31H,2-4,26H2,1H3. The Morgan fingerprint density at radius 1 is 1.28 bits per heavy atom. The van der Waals surface area contributed by atoms with Crippen molar-refractivity contribution in [2.24, 2.45) is 16.6 Å². The zero-order valence-corrected chi connectivity index (χ0v) is 17.8. The van der Waals surface area contributed by atoms with Crippen LogP contribution in [-0.2, 0) is 11.0 Å². The Bertz CT molecular complexity index is 1110. The van der Waals surface area contributed by atoms with E-state index in [0.717, 1.165) is 12.3 Å². The monoisotopic (exact) mass is 466 g/mol. The summed E-state index contributed by atoms with van der Waals surface area (Å²) in [5.41, 5.74) is 6.08. The van der Waals surface area contributed by atoms with Gasteiger partial charge < -0.3 is 5.73 Å². The molecule has 170 valence electrons. The van der Waals surface area contributed by atoms with Crippen LogP contribution in [0.5, 0.6) is 0 Å². The molecule has 1 aliphatic carbocycles. The van der Waals surface area contributed by atoms with Crippen LogP contribution in [0.1, 0.15) is 42.1 Å². The van der Waals surface area contributed by atoms with Crippen molar-refractivity contribution in [3.63, 3.8) is 0 Å². The lowest BCUT2D eigenvalue weighted by Gasteiger charge is -2.34. The van der Waals surface area contributed by atoms with Crippen LogP contribution in [0.25, 0.3) is 0 Å². The Kier molecular flexibility index (Phi) is 6.71. The molecule has 11 heteroatoms. The highest BCUT2D eigenvalue weighted by atomic mass is 32.3. The average molecular weight is 466 g/mol. The first-order valence-corrected chi connectivity index (χ1v) is 11.5. The molecule has 0 saturated heterocycles. The second kappa shape index (κ2) is 8.99. The van der Waals surface area contributed by atoms with E-state index in [1.807, 2.05) is 6.07 Å². The van der Waals surface area contributed by atoms with Crippen LogP contribution in [0.2, 0.25) is 0 Å². The Morgan fingerprint density at radius 2 is 2.00 bits per heavy atom. The van der Waals surface area contributed by atoms with E-state index in [2.05, 4.69) is 9.98 Å². The highest BCUT2D eigenvalue weighted by Gasteiger charge is 2.37. The zero-order valence-electron chi connectivity index (χ0n) is 17.0. The van der Waals surface area contributed by atoms with Crippen LogP contribution in [0.3, 0.4) is 0 Å². The third-order valence-corrected chi connectivity index (χ3v) is 6.33. The molecular formula is C21H21F3N4O3S. The van der Waals surface area contributed by atoms with Crippen LogP contribution >= 0.6 is 10.6 Å². The first kappa shape index (κ1) is 23.9. The molecule has 0 bridgehead atoms. The molecule has 7 nitrogen and oxygen atoms in total. The van der Waals surface area contributed by atoms with Gasteiger partial charge in [0.1, 0.15) is 11.5 Å². The van der Waals surface area contributed by atoms with E-state index in [-0.39, 0.29) is 33.9 Å². The predicted octanol–water partition coefficient (Wildman–Crippen LogP) is 4.85. The highest BCUT2D eigenvalue weighted by molar-refractivity contribution is 8.23. The van der Waals surface area contributed by atoms with Gasteiger partial charge in [-0.25, -0.2) is 0 Å². The Labute approximate surface area is 184 Å². The highest BCUT2D eigenvalue weighted by Crippen LogP contribution is 2.49. The molecule has 0 amide bonds. The fraction of sp³-hybridized carbons (Fsp3) is 0.333. The lowest BCUT2D eigenvalue weighted by molar-refractivity contribution is -0.141. The lowest BCUT2D eigenvalue weighted by Crippen LogP contribution is -2.38. The Morgan fingerprint density at radius 3 is 2.62 bits per heavy atom. The quantitative estimate of drug-likeness (QED) is 0.590. The number of aliphatic imine (C=N–C) groups is 1. The number of hydrogen-bond donors (Lipinski definition) is 3. The van der Waals surface area contributed by atoms with Crippen LogP contribution in [0.4, 0.5) is 18.9 Å². The molecule has 2 aromatic rings. The molecule has 0 radical (unpaired) electrons. The minimum atomic E-state index is -4.64. The Hall–Kier alpha value is -2.78. The zero-order chi connectivity index (χ0) is 23.7. The van der Waals surface area contributed by atoms with Gasteiger partial charge in [-0.15, -0.1) is 0 Å². The van der Waals surface area contributed by atoms with Gasteiger partial charge in [-0.05, 0) is 42.7 Å². The van der Waals surface area contributed by atoms with E-state index in [1.54, 1.807) is 0 Å². The SMILES string of the molecule is CS(O)(O)c1cc(C#N)ccc1C(N)C1C(=O)CCCC1=Nc1ccnc(C(F)(F)F)c1. The third kappa shape index (κ3) is 5.16. The maximum absolute atomic E-state index is 13.0. The normalized spacial score (nSPS) is 20.1. The molecule has 1 aliphatic rings. The molecule has 1 aromatic carbocycles. The molecular weight excluding hydrogens is 445 g/mol.